The SMILES string of the molecule is C=CCn1c(SCC(=O)Nc2ccc(Br)c(C)c2C)nnc1C(NC(=O)c1ccccc1Cl)C(C)C. The number of nitrogens with zero attached hydrogens (tertiary/aromatic N) is 3. The molecule has 0 aliphatic rings. The Morgan fingerprint density at radius 3 is 2.56 bits per heavy atom. The highest BCUT2D eigenvalue weighted by molar-refractivity contribution is 9.10. The average Bonchev–Trinajstić information content (AvgIpc) is 3.23. The normalized spacial score (nSPS) is 11.9. The number of rotatable bonds is 10. The van der Waals surface area contributed by atoms with E-state index in [9.17, 15) is 9.59 Å². The lowest BCUT2D eigenvalue weighted by atomic mass is 10.0. The van der Waals surface area contributed by atoms with E-state index in [1.165, 1.54) is 11.8 Å². The number of hydrogen-bond acceptors (Lipinski definition) is 5. The van der Waals surface area contributed by atoms with Crippen molar-refractivity contribution in [1.29, 1.82) is 0 Å². The van der Waals surface area contributed by atoms with Crippen molar-refractivity contribution in [2.24, 2.45) is 5.92 Å². The second-order valence-electron chi connectivity index (χ2n) is 8.60. The molecule has 0 aliphatic carbocycles. The molecular formula is C26H29BrClN5O2S. The summed E-state index contributed by atoms with van der Waals surface area (Å²) >= 11 is 11.0. The van der Waals surface area contributed by atoms with Gasteiger partial charge in [0.25, 0.3) is 5.91 Å². The molecule has 2 amide bonds. The van der Waals surface area contributed by atoms with Crippen molar-refractivity contribution >= 4 is 56.8 Å². The van der Waals surface area contributed by atoms with Gasteiger partial charge in [-0.15, -0.1) is 16.8 Å². The molecule has 0 saturated carbocycles. The van der Waals surface area contributed by atoms with E-state index in [1.54, 1.807) is 30.3 Å². The first-order valence-electron chi connectivity index (χ1n) is 11.4. The molecule has 10 heteroatoms. The van der Waals surface area contributed by atoms with E-state index in [-0.39, 0.29) is 23.5 Å². The lowest BCUT2D eigenvalue weighted by Crippen LogP contribution is -2.34. The number of hydrogen-bond donors (Lipinski definition) is 2. The van der Waals surface area contributed by atoms with E-state index in [1.807, 2.05) is 44.4 Å². The molecule has 0 spiro atoms. The van der Waals surface area contributed by atoms with Gasteiger partial charge in [0.15, 0.2) is 11.0 Å². The Hall–Kier alpha value is -2.62. The van der Waals surface area contributed by atoms with Crippen molar-refractivity contribution in [2.45, 2.75) is 45.4 Å². The van der Waals surface area contributed by atoms with Crippen molar-refractivity contribution in [2.75, 3.05) is 11.1 Å². The van der Waals surface area contributed by atoms with Crippen LogP contribution in [0.5, 0.6) is 0 Å². The van der Waals surface area contributed by atoms with E-state index < -0.39 is 6.04 Å². The van der Waals surface area contributed by atoms with E-state index in [0.717, 1.165) is 21.3 Å². The second kappa shape index (κ2) is 12.6. The molecule has 0 aliphatic heterocycles. The highest BCUT2D eigenvalue weighted by Gasteiger charge is 2.27. The maximum atomic E-state index is 13.0. The number of allylic oxidation sites excluding steroid dienone is 1. The van der Waals surface area contributed by atoms with Gasteiger partial charge in [0.05, 0.1) is 22.4 Å². The predicted molar refractivity (Wildman–Crippen MR) is 150 cm³/mol. The van der Waals surface area contributed by atoms with Gasteiger partial charge >= 0.3 is 0 Å². The van der Waals surface area contributed by atoms with Crippen molar-refractivity contribution in [3.63, 3.8) is 0 Å². The third kappa shape index (κ3) is 6.57. The molecule has 1 heterocycles. The third-order valence-corrected chi connectivity index (χ3v) is 7.89. The molecule has 0 fully saturated rings. The molecule has 7 nitrogen and oxygen atoms in total. The van der Waals surface area contributed by atoms with Crippen LogP contribution in [0.1, 0.15) is 47.2 Å². The fraction of sp³-hybridized carbons (Fsp3) is 0.308. The molecule has 3 aromatic rings. The number of aromatic nitrogens is 3. The quantitative estimate of drug-likeness (QED) is 0.212. The molecule has 1 aromatic heterocycles. The molecule has 190 valence electrons. The van der Waals surface area contributed by atoms with Gasteiger partial charge in [-0.1, -0.05) is 71.3 Å². The highest BCUT2D eigenvalue weighted by Crippen LogP contribution is 2.28. The minimum absolute atomic E-state index is 0.0222. The van der Waals surface area contributed by atoms with Gasteiger partial charge in [0.2, 0.25) is 5.91 Å². The number of carbonyl (C=O) groups excluding carboxylic acids is 2. The monoisotopic (exact) mass is 589 g/mol. The Bertz CT molecular complexity index is 1280. The van der Waals surface area contributed by atoms with Gasteiger partial charge < -0.3 is 15.2 Å². The summed E-state index contributed by atoms with van der Waals surface area (Å²) in [6, 6.07) is 10.3. The Kier molecular flexibility index (Phi) is 9.76. The first-order valence-corrected chi connectivity index (χ1v) is 13.6. The summed E-state index contributed by atoms with van der Waals surface area (Å²) in [5.41, 5.74) is 3.25. The summed E-state index contributed by atoms with van der Waals surface area (Å²) < 4.78 is 2.87. The van der Waals surface area contributed by atoms with Crippen LogP contribution in [0.15, 0.2) is 58.7 Å². The second-order valence-corrected chi connectivity index (χ2v) is 10.8. The molecule has 3 rings (SSSR count). The molecule has 2 aromatic carbocycles. The zero-order valence-electron chi connectivity index (χ0n) is 20.6. The maximum absolute atomic E-state index is 13.0. The summed E-state index contributed by atoms with van der Waals surface area (Å²) in [5.74, 6) is 0.331. The first kappa shape index (κ1) is 28.0. The van der Waals surface area contributed by atoms with Crippen LogP contribution in [0.3, 0.4) is 0 Å². The number of amides is 2. The van der Waals surface area contributed by atoms with Crippen LogP contribution in [0.4, 0.5) is 5.69 Å². The summed E-state index contributed by atoms with van der Waals surface area (Å²) in [7, 11) is 0. The average molecular weight is 591 g/mol. The smallest absolute Gasteiger partial charge is 0.253 e. The third-order valence-electron chi connectivity index (χ3n) is 5.73. The summed E-state index contributed by atoms with van der Waals surface area (Å²) in [4.78, 5) is 25.7. The first-order chi connectivity index (χ1) is 17.1. The Morgan fingerprint density at radius 2 is 1.89 bits per heavy atom. The largest absolute Gasteiger partial charge is 0.342 e. The molecular weight excluding hydrogens is 562 g/mol. The van der Waals surface area contributed by atoms with Crippen LogP contribution in [-0.2, 0) is 11.3 Å². The standard InChI is InChI=1S/C26H29BrClN5O2S/c1-6-13-33-24(23(15(2)3)30-25(35)18-9-7-8-10-20(18)28)31-32-26(33)36-14-22(34)29-21-12-11-19(27)16(4)17(21)5/h6-12,15,23H,1,13-14H2,2-5H3,(H,29,34)(H,30,35). The number of nitrogens with one attached hydrogen (secondary N) is 2. The van der Waals surface area contributed by atoms with Crippen molar-refractivity contribution < 1.29 is 9.59 Å². The summed E-state index contributed by atoms with van der Waals surface area (Å²) in [5, 5.41) is 15.7. The zero-order valence-corrected chi connectivity index (χ0v) is 23.8. The van der Waals surface area contributed by atoms with Crippen LogP contribution >= 0.6 is 39.3 Å². The molecule has 2 N–H and O–H groups in total. The summed E-state index contributed by atoms with van der Waals surface area (Å²) in [6.07, 6.45) is 1.73. The number of thioether (sulfide) groups is 1. The number of carbonyl (C=O) groups is 2. The Balaban J connectivity index is 1.77. The summed E-state index contributed by atoms with van der Waals surface area (Å²) in [6.45, 7) is 12.2. The van der Waals surface area contributed by atoms with Gasteiger partial charge in [-0.3, -0.25) is 9.59 Å². The topological polar surface area (TPSA) is 88.9 Å². The van der Waals surface area contributed by atoms with Gasteiger partial charge in [-0.25, -0.2) is 0 Å². The molecule has 36 heavy (non-hydrogen) atoms. The molecule has 0 bridgehead atoms. The van der Waals surface area contributed by atoms with Crippen molar-refractivity contribution in [3.8, 4) is 0 Å². The fourth-order valence-electron chi connectivity index (χ4n) is 3.57. The van der Waals surface area contributed by atoms with E-state index in [4.69, 9.17) is 11.6 Å². The van der Waals surface area contributed by atoms with Crippen LogP contribution in [0.25, 0.3) is 0 Å². The minimum atomic E-state index is -0.419. The predicted octanol–water partition coefficient (Wildman–Crippen LogP) is 6.35. The molecule has 0 saturated heterocycles. The van der Waals surface area contributed by atoms with Crippen molar-refractivity contribution in [3.05, 3.63) is 81.1 Å². The minimum Gasteiger partial charge on any atom is -0.342 e. The molecule has 1 unspecified atom stereocenters. The van der Waals surface area contributed by atoms with Gasteiger partial charge in [-0.05, 0) is 55.2 Å². The van der Waals surface area contributed by atoms with E-state index in [2.05, 4.69) is 43.3 Å². The van der Waals surface area contributed by atoms with E-state index in [0.29, 0.717) is 28.1 Å². The zero-order chi connectivity index (χ0) is 26.4. The van der Waals surface area contributed by atoms with Crippen LogP contribution < -0.4 is 10.6 Å². The Morgan fingerprint density at radius 1 is 1.17 bits per heavy atom. The number of anilines is 1. The number of halogens is 2. The van der Waals surface area contributed by atoms with Gasteiger partial charge in [-0.2, -0.15) is 0 Å². The van der Waals surface area contributed by atoms with E-state index >= 15 is 0 Å². The highest BCUT2D eigenvalue weighted by atomic mass is 79.9. The molecule has 0 radical (unpaired) electrons. The van der Waals surface area contributed by atoms with Crippen molar-refractivity contribution in [1.82, 2.24) is 20.1 Å². The lowest BCUT2D eigenvalue weighted by Gasteiger charge is -2.23. The maximum Gasteiger partial charge on any atom is 0.253 e. The van der Waals surface area contributed by atoms with Crippen LogP contribution in [0.2, 0.25) is 5.02 Å². The number of benzene rings is 2. The van der Waals surface area contributed by atoms with Gasteiger partial charge in [0, 0.05) is 16.7 Å². The molecule has 1 atom stereocenters. The van der Waals surface area contributed by atoms with Crippen LogP contribution in [0, 0.1) is 19.8 Å². The Labute approximate surface area is 229 Å². The fourth-order valence-corrected chi connectivity index (χ4v) is 4.98. The van der Waals surface area contributed by atoms with Gasteiger partial charge in [0.1, 0.15) is 0 Å². The lowest BCUT2D eigenvalue weighted by molar-refractivity contribution is -0.113. The van der Waals surface area contributed by atoms with Crippen LogP contribution in [-0.4, -0.2) is 32.3 Å².